The third-order valence-electron chi connectivity index (χ3n) is 7.20. The van der Waals surface area contributed by atoms with Crippen molar-refractivity contribution in [2.75, 3.05) is 5.54 Å². The number of aromatic amines is 2. The van der Waals surface area contributed by atoms with Gasteiger partial charge in [-0.25, -0.2) is 28.1 Å². The molecule has 2 aliphatic heterocycles. The lowest BCUT2D eigenvalue weighted by molar-refractivity contribution is 0.423. The molecule has 0 saturated carbocycles. The zero-order valence-electron chi connectivity index (χ0n) is 23.1. The molecule has 0 spiro atoms. The number of hydrogen-bond donors (Lipinski definition) is 4. The van der Waals surface area contributed by atoms with Gasteiger partial charge in [0.2, 0.25) is 0 Å². The van der Waals surface area contributed by atoms with Crippen LogP contribution in [0, 0.1) is 23.3 Å². The second-order valence-electron chi connectivity index (χ2n) is 10.2. The molecule has 2 aromatic heterocycles. The number of H-pyrrole nitrogens is 2. The topological polar surface area (TPSA) is 56.0 Å². The largest absolute Gasteiger partial charge is 0.355 e. The number of anilines is 1. The number of aromatic nitrogens is 2. The van der Waals surface area contributed by atoms with Crippen LogP contribution in [0.1, 0.15) is 29.4 Å². The molecule has 3 N–H and O–H groups in total. The number of halogens is 5. The summed E-state index contributed by atoms with van der Waals surface area (Å²) in [5.74, 6) is -6.39. The molecule has 0 amide bonds. The van der Waals surface area contributed by atoms with E-state index in [4.69, 9.17) is 4.99 Å². The minimum atomic E-state index is -1.61. The first-order chi connectivity index (χ1) is 21.1. The summed E-state index contributed by atoms with van der Waals surface area (Å²) < 4.78 is 72.7. The van der Waals surface area contributed by atoms with Gasteiger partial charge in [-0.05, 0) is 84.3 Å². The van der Waals surface area contributed by atoms with E-state index < -0.39 is 33.7 Å². The highest BCUT2D eigenvalue weighted by molar-refractivity contribution is 7.80. The predicted octanol–water partition coefficient (Wildman–Crippen LogP) is 7.46. The Balaban J connectivity index is 1.61. The van der Waals surface area contributed by atoms with Crippen LogP contribution in [-0.4, -0.2) is 15.7 Å². The minimum Gasteiger partial charge on any atom is -0.355 e. The molecular weight excluding hydrogens is 591 g/mol. The molecule has 6 bridgehead atoms. The fourth-order valence-corrected chi connectivity index (χ4v) is 5.29. The molecule has 6 rings (SSSR count). The van der Waals surface area contributed by atoms with Crippen molar-refractivity contribution in [1.82, 2.24) is 9.97 Å². The van der Waals surface area contributed by atoms with E-state index in [1.165, 1.54) is 12.1 Å². The van der Waals surface area contributed by atoms with Crippen molar-refractivity contribution in [2.45, 2.75) is 11.8 Å². The normalized spacial score (nSPS) is 20.4. The lowest BCUT2D eigenvalue weighted by Gasteiger charge is -2.13. The molecule has 4 aromatic rings. The molecule has 0 radical (unpaired) electrons. The number of benzene rings is 2. The van der Waals surface area contributed by atoms with E-state index in [-0.39, 0.29) is 16.5 Å². The van der Waals surface area contributed by atoms with Crippen LogP contribution in [0.4, 0.5) is 27.7 Å². The van der Waals surface area contributed by atoms with Gasteiger partial charge in [0.25, 0.3) is 0 Å². The Morgan fingerprint density at radius 1 is 0.773 bits per heavy atom. The lowest BCUT2D eigenvalue weighted by Crippen LogP contribution is -2.17. The molecule has 0 saturated heterocycles. The third kappa shape index (κ3) is 5.28. The van der Waals surface area contributed by atoms with E-state index in [9.17, 15) is 13.3 Å². The summed E-state index contributed by atoms with van der Waals surface area (Å²) in [5, 5.41) is 0.684. The standard InChI is InChI=1S/C34H23F5N4S/c1-17-3-4-18(2)27(29-30(35)32(37)34(44)33(38)31(29)36)24-12-10-22(41-24)16-23-11-14-26(42-23)28(25-13-9-21(15-17)40-25)19-5-7-20(43-39)8-6-19/h3-16,40-41,43-44H,2H2,1H3/b4-3-,17-15+,22-16-,27-24+,28-26-. The maximum Gasteiger partial charge on any atom is 0.175 e. The van der Waals surface area contributed by atoms with Crippen molar-refractivity contribution in [1.29, 1.82) is 0 Å². The molecule has 0 fully saturated rings. The van der Waals surface area contributed by atoms with Crippen molar-refractivity contribution in [2.24, 2.45) is 4.99 Å². The Morgan fingerprint density at radius 3 is 2.20 bits per heavy atom. The van der Waals surface area contributed by atoms with Crippen LogP contribution in [0.3, 0.4) is 0 Å². The van der Waals surface area contributed by atoms with Gasteiger partial charge in [-0.1, -0.05) is 30.9 Å². The summed E-state index contributed by atoms with van der Waals surface area (Å²) >= 11 is 3.59. The molecule has 0 unspecified atom stereocenters. The number of allylic oxidation sites excluding steroid dienone is 6. The number of aliphatic imine (C=N–C) groups is 1. The highest BCUT2D eigenvalue weighted by Gasteiger charge is 2.27. The first kappa shape index (κ1) is 29.0. The molecule has 0 atom stereocenters. The summed E-state index contributed by atoms with van der Waals surface area (Å²) in [5.41, 5.74) is 6.02. The average molecular weight is 615 g/mol. The van der Waals surface area contributed by atoms with E-state index in [0.29, 0.717) is 22.4 Å². The van der Waals surface area contributed by atoms with Gasteiger partial charge in [-0.15, -0.1) is 17.1 Å². The van der Waals surface area contributed by atoms with Gasteiger partial charge >= 0.3 is 0 Å². The summed E-state index contributed by atoms with van der Waals surface area (Å²) in [7, 11) is 0. The number of nitrogens with zero attached hydrogens (tertiary/aromatic N) is 1. The minimum absolute atomic E-state index is 0.0988. The van der Waals surface area contributed by atoms with Crippen LogP contribution in [0.25, 0.3) is 23.3 Å². The monoisotopic (exact) mass is 614 g/mol. The Morgan fingerprint density at radius 2 is 1.50 bits per heavy atom. The summed E-state index contributed by atoms with van der Waals surface area (Å²) in [6.07, 6.45) is 10.4. The Kier molecular flexibility index (Phi) is 7.60. The van der Waals surface area contributed by atoms with Gasteiger partial charge in [0.1, 0.15) is 0 Å². The molecule has 220 valence electrons. The molecular formula is C34H23F5N4S. The second kappa shape index (κ2) is 11.5. The SMILES string of the molecule is C=C1/C=C\C(C)=C\c2ccc([nH]2)/C(c2ccc(NF)cc2)=C2/C=CC(=N2)/C=c2/cc/c([nH]2)=C/1c1c(F)c(F)c(S)c(F)c1F. The highest BCUT2D eigenvalue weighted by atomic mass is 32.1. The summed E-state index contributed by atoms with van der Waals surface area (Å²) in [6.45, 7) is 5.79. The summed E-state index contributed by atoms with van der Waals surface area (Å²) in [4.78, 5) is 10.2. The number of rotatable bonds is 3. The van der Waals surface area contributed by atoms with E-state index in [0.717, 1.165) is 28.1 Å². The van der Waals surface area contributed by atoms with Gasteiger partial charge in [-0.2, -0.15) is 0 Å². The molecule has 2 aliphatic rings. The maximum atomic E-state index is 15.2. The van der Waals surface area contributed by atoms with Gasteiger partial charge < -0.3 is 9.97 Å². The van der Waals surface area contributed by atoms with Crippen LogP contribution in [-0.2, 0) is 0 Å². The van der Waals surface area contributed by atoms with E-state index in [1.54, 1.807) is 54.1 Å². The fourth-order valence-electron chi connectivity index (χ4n) is 5.10. The predicted molar refractivity (Wildman–Crippen MR) is 167 cm³/mol. The molecule has 4 nitrogen and oxygen atoms in total. The first-order valence-corrected chi connectivity index (χ1v) is 13.8. The Labute approximate surface area is 254 Å². The van der Waals surface area contributed by atoms with Crippen molar-refractivity contribution >= 4 is 47.3 Å². The zero-order chi connectivity index (χ0) is 31.1. The fraction of sp³-hybridized carbons (Fsp3) is 0.0294. The van der Waals surface area contributed by atoms with Crippen LogP contribution in [0.15, 0.2) is 106 Å². The first-order valence-electron chi connectivity index (χ1n) is 13.3. The summed E-state index contributed by atoms with van der Waals surface area (Å²) in [6, 6.07) is 13.8. The van der Waals surface area contributed by atoms with Crippen LogP contribution in [0.2, 0.25) is 0 Å². The molecule has 0 aliphatic carbocycles. The van der Waals surface area contributed by atoms with Crippen LogP contribution < -0.4 is 16.2 Å². The quantitative estimate of drug-likeness (QED) is 0.0824. The zero-order valence-corrected chi connectivity index (χ0v) is 24.0. The number of thiol groups is 1. The third-order valence-corrected chi connectivity index (χ3v) is 7.59. The van der Waals surface area contributed by atoms with E-state index in [2.05, 4.69) is 29.2 Å². The number of nitrogens with one attached hydrogen (secondary N) is 3. The molecule has 44 heavy (non-hydrogen) atoms. The highest BCUT2D eigenvalue weighted by Crippen LogP contribution is 2.34. The van der Waals surface area contributed by atoms with Gasteiger partial charge in [0.15, 0.2) is 23.3 Å². The lowest BCUT2D eigenvalue weighted by atomic mass is 9.96. The maximum absolute atomic E-state index is 15.2. The molecule has 4 heterocycles. The Hall–Kier alpha value is -5.09. The van der Waals surface area contributed by atoms with Gasteiger partial charge in [0, 0.05) is 33.2 Å². The van der Waals surface area contributed by atoms with Crippen LogP contribution >= 0.6 is 12.6 Å². The van der Waals surface area contributed by atoms with Crippen molar-refractivity contribution < 1.29 is 22.0 Å². The van der Waals surface area contributed by atoms with Crippen molar-refractivity contribution in [3.63, 3.8) is 0 Å². The van der Waals surface area contributed by atoms with Gasteiger partial charge in [0.05, 0.1) is 27.6 Å². The molecule has 2 aromatic carbocycles. The molecule has 10 heteroatoms. The van der Waals surface area contributed by atoms with E-state index >= 15 is 8.78 Å². The second-order valence-corrected chi connectivity index (χ2v) is 10.6. The number of hydrogen-bond acceptors (Lipinski definition) is 3. The van der Waals surface area contributed by atoms with Crippen LogP contribution in [0.5, 0.6) is 0 Å². The Bertz CT molecular complexity index is 2100. The van der Waals surface area contributed by atoms with E-state index in [1.807, 2.05) is 31.2 Å². The van der Waals surface area contributed by atoms with Crippen molar-refractivity contribution in [3.05, 3.63) is 153 Å². The average Bonchev–Trinajstić information content (AvgIpc) is 3.79. The van der Waals surface area contributed by atoms with Gasteiger partial charge in [-0.3, -0.25) is 0 Å². The number of fused-ring (bicyclic) bond motifs is 5. The van der Waals surface area contributed by atoms with Crippen molar-refractivity contribution in [3.8, 4) is 0 Å². The smallest absolute Gasteiger partial charge is 0.175 e.